The summed E-state index contributed by atoms with van der Waals surface area (Å²) < 4.78 is 10.7. The average molecular weight is 344 g/mol. The normalized spacial score (nSPS) is 17.6. The lowest BCUT2D eigenvalue weighted by Gasteiger charge is -2.32. The van der Waals surface area contributed by atoms with E-state index in [9.17, 15) is 4.79 Å². The van der Waals surface area contributed by atoms with E-state index in [1.807, 2.05) is 43.0 Å². The van der Waals surface area contributed by atoms with Crippen molar-refractivity contribution in [3.05, 3.63) is 24.3 Å². The average Bonchev–Trinajstić information content (AvgIpc) is 3.12. The maximum Gasteiger partial charge on any atom is 0.324 e. The lowest BCUT2D eigenvalue weighted by molar-refractivity contribution is -0.124. The van der Waals surface area contributed by atoms with E-state index in [0.717, 1.165) is 30.7 Å². The maximum atomic E-state index is 11.9. The molecule has 0 aliphatic carbocycles. The van der Waals surface area contributed by atoms with Crippen LogP contribution in [0.5, 0.6) is 5.75 Å². The molecule has 1 atom stereocenters. The van der Waals surface area contributed by atoms with Crippen LogP contribution < -0.4 is 15.0 Å². The Morgan fingerprint density at radius 2 is 2.28 bits per heavy atom. The van der Waals surface area contributed by atoms with Gasteiger partial charge in [-0.05, 0) is 25.0 Å². The molecule has 134 valence electrons. The number of nitrogens with zero attached hydrogens (tertiary/aromatic N) is 3. The molecule has 7 nitrogen and oxygen atoms in total. The predicted octanol–water partition coefficient (Wildman–Crippen LogP) is 2.49. The molecule has 1 aliphatic heterocycles. The molecule has 0 saturated carbocycles. The Labute approximate surface area is 147 Å². The van der Waals surface area contributed by atoms with E-state index in [2.05, 4.69) is 15.5 Å². The highest BCUT2D eigenvalue weighted by Gasteiger charge is 2.25. The summed E-state index contributed by atoms with van der Waals surface area (Å²) in [5.74, 6) is 1.34. The molecule has 1 fully saturated rings. The first-order chi connectivity index (χ1) is 12.1. The summed E-state index contributed by atoms with van der Waals surface area (Å²) >= 11 is 0. The van der Waals surface area contributed by atoms with Crippen molar-refractivity contribution < 1.29 is 14.1 Å². The van der Waals surface area contributed by atoms with Gasteiger partial charge in [-0.3, -0.25) is 4.79 Å². The summed E-state index contributed by atoms with van der Waals surface area (Å²) in [6.45, 7) is 5.31. The third-order valence-electron chi connectivity index (χ3n) is 4.31. The van der Waals surface area contributed by atoms with Gasteiger partial charge in [-0.15, -0.1) is 0 Å². The number of hydrogen-bond donors (Lipinski definition) is 1. The Balaban J connectivity index is 1.70. The van der Waals surface area contributed by atoms with Gasteiger partial charge in [0.25, 0.3) is 0 Å². The number of benzene rings is 1. The summed E-state index contributed by atoms with van der Waals surface area (Å²) in [5, 5.41) is 7.17. The van der Waals surface area contributed by atoms with E-state index < -0.39 is 0 Å². The van der Waals surface area contributed by atoms with Crippen LogP contribution >= 0.6 is 0 Å². The minimum Gasteiger partial charge on any atom is -0.497 e. The third kappa shape index (κ3) is 4.10. The Hall–Kier alpha value is -2.57. The van der Waals surface area contributed by atoms with Crippen LogP contribution in [0.25, 0.3) is 11.4 Å². The maximum absolute atomic E-state index is 11.9. The smallest absolute Gasteiger partial charge is 0.324 e. The van der Waals surface area contributed by atoms with Crippen molar-refractivity contribution in [3.63, 3.8) is 0 Å². The highest BCUT2D eigenvalue weighted by Crippen LogP contribution is 2.25. The number of rotatable bonds is 5. The summed E-state index contributed by atoms with van der Waals surface area (Å²) in [4.78, 5) is 18.5. The van der Waals surface area contributed by atoms with Crippen molar-refractivity contribution in [2.45, 2.75) is 32.7 Å². The van der Waals surface area contributed by atoms with Gasteiger partial charge in [0.2, 0.25) is 11.7 Å². The molecule has 25 heavy (non-hydrogen) atoms. The predicted molar refractivity (Wildman–Crippen MR) is 94.5 cm³/mol. The zero-order valence-corrected chi connectivity index (χ0v) is 14.9. The highest BCUT2D eigenvalue weighted by molar-refractivity contribution is 5.78. The van der Waals surface area contributed by atoms with Crippen LogP contribution in [0.3, 0.4) is 0 Å². The first-order valence-corrected chi connectivity index (χ1v) is 8.60. The molecule has 3 rings (SSSR count). The van der Waals surface area contributed by atoms with E-state index >= 15 is 0 Å². The fourth-order valence-corrected chi connectivity index (χ4v) is 2.86. The van der Waals surface area contributed by atoms with Crippen LogP contribution in [-0.2, 0) is 4.79 Å². The van der Waals surface area contributed by atoms with Gasteiger partial charge >= 0.3 is 6.01 Å². The topological polar surface area (TPSA) is 80.5 Å². The van der Waals surface area contributed by atoms with Crippen LogP contribution in [0, 0.1) is 5.92 Å². The molecular formula is C18H24N4O3. The number of carbonyl (C=O) groups is 1. The van der Waals surface area contributed by atoms with Crippen molar-refractivity contribution in [1.29, 1.82) is 0 Å². The second-order valence-electron chi connectivity index (χ2n) is 6.58. The molecule has 1 aromatic carbocycles. The van der Waals surface area contributed by atoms with Gasteiger partial charge in [0.05, 0.1) is 7.11 Å². The Kier molecular flexibility index (Phi) is 5.21. The first-order valence-electron chi connectivity index (χ1n) is 8.60. The molecule has 0 spiro atoms. The van der Waals surface area contributed by atoms with Gasteiger partial charge in [-0.2, -0.15) is 4.98 Å². The van der Waals surface area contributed by atoms with E-state index in [1.165, 1.54) is 0 Å². The number of ether oxygens (including phenoxy) is 1. The van der Waals surface area contributed by atoms with Crippen molar-refractivity contribution >= 4 is 11.9 Å². The van der Waals surface area contributed by atoms with Gasteiger partial charge in [0, 0.05) is 30.6 Å². The lowest BCUT2D eigenvalue weighted by atomic mass is 10.1. The number of piperidine rings is 1. The van der Waals surface area contributed by atoms with E-state index in [0.29, 0.717) is 18.4 Å². The molecule has 0 bridgehead atoms. The van der Waals surface area contributed by atoms with Crippen LogP contribution in [0.2, 0.25) is 0 Å². The minimum absolute atomic E-state index is 0.0153. The van der Waals surface area contributed by atoms with Gasteiger partial charge in [-0.1, -0.05) is 31.1 Å². The fourth-order valence-electron chi connectivity index (χ4n) is 2.86. The first kappa shape index (κ1) is 17.3. The quantitative estimate of drug-likeness (QED) is 0.897. The number of carbonyl (C=O) groups excluding carboxylic acids is 1. The van der Waals surface area contributed by atoms with Gasteiger partial charge in [-0.25, -0.2) is 0 Å². The fraction of sp³-hybridized carbons (Fsp3) is 0.500. The summed E-state index contributed by atoms with van der Waals surface area (Å²) in [7, 11) is 1.63. The third-order valence-corrected chi connectivity index (χ3v) is 4.31. The van der Waals surface area contributed by atoms with Crippen molar-refractivity contribution in [1.82, 2.24) is 15.5 Å². The van der Waals surface area contributed by atoms with Gasteiger partial charge < -0.3 is 19.5 Å². The van der Waals surface area contributed by atoms with Crippen molar-refractivity contribution in [2.75, 3.05) is 25.1 Å². The van der Waals surface area contributed by atoms with Crippen molar-refractivity contribution in [2.24, 2.45) is 5.92 Å². The monoisotopic (exact) mass is 344 g/mol. The Morgan fingerprint density at radius 1 is 1.44 bits per heavy atom. The van der Waals surface area contributed by atoms with Gasteiger partial charge in [0.1, 0.15) is 5.75 Å². The molecule has 1 aromatic heterocycles. The molecular weight excluding hydrogens is 320 g/mol. The molecule has 1 unspecified atom stereocenters. The Bertz CT molecular complexity index is 729. The number of amides is 1. The summed E-state index contributed by atoms with van der Waals surface area (Å²) in [6, 6.07) is 8.15. The molecule has 1 aliphatic rings. The molecule has 7 heteroatoms. The molecule has 2 aromatic rings. The number of nitrogens with one attached hydrogen (secondary N) is 1. The van der Waals surface area contributed by atoms with Crippen molar-refractivity contribution in [3.8, 4) is 17.1 Å². The van der Waals surface area contributed by atoms with E-state index in [-0.39, 0.29) is 17.9 Å². The molecule has 2 heterocycles. The highest BCUT2D eigenvalue weighted by atomic mass is 16.5. The SMILES string of the molecule is COc1cccc(-c2noc(N3CCCC(NC(=O)C(C)C)C3)n2)c1. The zero-order valence-electron chi connectivity index (χ0n) is 14.9. The standard InChI is InChI=1S/C18H24N4O3/c1-12(2)17(23)19-14-7-5-9-22(11-14)18-20-16(21-25-18)13-6-4-8-15(10-13)24-3/h4,6,8,10,12,14H,5,7,9,11H2,1-3H3,(H,19,23). The zero-order chi connectivity index (χ0) is 17.8. The molecule has 0 radical (unpaired) electrons. The number of hydrogen-bond acceptors (Lipinski definition) is 6. The lowest BCUT2D eigenvalue weighted by Crippen LogP contribution is -2.48. The molecule has 1 N–H and O–H groups in total. The molecule has 1 saturated heterocycles. The van der Waals surface area contributed by atoms with Crippen LogP contribution in [-0.4, -0.2) is 42.3 Å². The van der Waals surface area contributed by atoms with Crippen LogP contribution in [0.1, 0.15) is 26.7 Å². The van der Waals surface area contributed by atoms with Crippen LogP contribution in [0.15, 0.2) is 28.8 Å². The van der Waals surface area contributed by atoms with Gasteiger partial charge in [0.15, 0.2) is 0 Å². The Morgan fingerprint density at radius 3 is 3.04 bits per heavy atom. The second kappa shape index (κ2) is 7.55. The number of anilines is 1. The largest absolute Gasteiger partial charge is 0.497 e. The van der Waals surface area contributed by atoms with E-state index in [1.54, 1.807) is 7.11 Å². The second-order valence-corrected chi connectivity index (χ2v) is 6.58. The minimum atomic E-state index is -0.0153. The summed E-state index contributed by atoms with van der Waals surface area (Å²) in [6.07, 6.45) is 1.94. The van der Waals surface area contributed by atoms with Crippen LogP contribution in [0.4, 0.5) is 6.01 Å². The number of aromatic nitrogens is 2. The summed E-state index contributed by atoms with van der Waals surface area (Å²) in [5.41, 5.74) is 0.844. The number of methoxy groups -OCH3 is 1. The van der Waals surface area contributed by atoms with E-state index in [4.69, 9.17) is 9.26 Å². The molecule has 1 amide bonds.